The minimum absolute atomic E-state index is 0.0395. The smallest absolute Gasteiger partial charge is 0.264 e. The van der Waals surface area contributed by atoms with Crippen LogP contribution in [0.2, 0.25) is 5.02 Å². The molecule has 1 atom stereocenters. The van der Waals surface area contributed by atoms with Gasteiger partial charge in [0.05, 0.1) is 10.6 Å². The number of aryl methyl sites for hydroxylation is 2. The summed E-state index contributed by atoms with van der Waals surface area (Å²) in [4.78, 5) is 29.8. The van der Waals surface area contributed by atoms with Crippen LogP contribution >= 0.6 is 27.5 Å². The summed E-state index contributed by atoms with van der Waals surface area (Å²) in [6.07, 6.45) is 0.970. The Morgan fingerprint density at radius 2 is 1.58 bits per heavy atom. The van der Waals surface area contributed by atoms with Crippen LogP contribution in [0.15, 0.2) is 106 Å². The SMILES string of the molecule is CCCNC(=O)[C@@H](Cc1ccccc1)N(Cc1cccc(Br)c1)C(=O)CN(c1ccc(C)c(Cl)c1)S(=O)(=O)c1ccc(C)cc1. The van der Waals surface area contributed by atoms with Gasteiger partial charge in [-0.15, -0.1) is 0 Å². The lowest BCUT2D eigenvalue weighted by molar-refractivity contribution is -0.140. The van der Waals surface area contributed by atoms with E-state index in [9.17, 15) is 18.0 Å². The number of nitrogens with zero attached hydrogens (tertiary/aromatic N) is 2. The number of amides is 2. The van der Waals surface area contributed by atoms with E-state index in [1.165, 1.54) is 17.0 Å². The number of hydrogen-bond acceptors (Lipinski definition) is 4. The normalized spacial score (nSPS) is 11.9. The molecule has 0 aliphatic rings. The Labute approximate surface area is 279 Å². The number of anilines is 1. The molecule has 0 fully saturated rings. The lowest BCUT2D eigenvalue weighted by atomic mass is 10.0. The van der Waals surface area contributed by atoms with Gasteiger partial charge in [0.15, 0.2) is 0 Å². The topological polar surface area (TPSA) is 86.8 Å². The van der Waals surface area contributed by atoms with Crippen LogP contribution in [0.4, 0.5) is 5.69 Å². The molecule has 45 heavy (non-hydrogen) atoms. The lowest BCUT2D eigenvalue weighted by Crippen LogP contribution is -2.53. The molecular weight excluding hydrogens is 674 g/mol. The van der Waals surface area contributed by atoms with Gasteiger partial charge in [0.1, 0.15) is 12.6 Å². The maximum Gasteiger partial charge on any atom is 0.264 e. The first-order valence-corrected chi connectivity index (χ1v) is 17.3. The Morgan fingerprint density at radius 1 is 0.889 bits per heavy atom. The van der Waals surface area contributed by atoms with Crippen molar-refractivity contribution in [3.05, 3.63) is 129 Å². The van der Waals surface area contributed by atoms with Crippen LogP contribution in [0.5, 0.6) is 0 Å². The van der Waals surface area contributed by atoms with Crippen LogP contribution in [0, 0.1) is 13.8 Å². The summed E-state index contributed by atoms with van der Waals surface area (Å²) in [5.74, 6) is -0.842. The van der Waals surface area contributed by atoms with Gasteiger partial charge in [-0.25, -0.2) is 8.42 Å². The second-order valence-corrected chi connectivity index (χ2v) is 14.1. The summed E-state index contributed by atoms with van der Waals surface area (Å²) < 4.78 is 30.2. The number of rotatable bonds is 13. The van der Waals surface area contributed by atoms with Crippen LogP contribution in [0.25, 0.3) is 0 Å². The Bertz CT molecular complexity index is 1730. The summed E-state index contributed by atoms with van der Waals surface area (Å²) in [6, 6.07) is 27.4. The summed E-state index contributed by atoms with van der Waals surface area (Å²) in [5, 5.41) is 3.33. The van der Waals surface area contributed by atoms with Crippen molar-refractivity contribution in [3.8, 4) is 0 Å². The molecule has 0 aliphatic carbocycles. The van der Waals surface area contributed by atoms with Gasteiger partial charge >= 0.3 is 0 Å². The van der Waals surface area contributed by atoms with E-state index in [0.717, 1.165) is 37.5 Å². The molecule has 0 aromatic heterocycles. The highest BCUT2D eigenvalue weighted by Gasteiger charge is 2.34. The van der Waals surface area contributed by atoms with Crippen LogP contribution in [0.1, 0.15) is 35.6 Å². The van der Waals surface area contributed by atoms with Crippen LogP contribution in [-0.4, -0.2) is 44.3 Å². The zero-order valence-electron chi connectivity index (χ0n) is 25.5. The summed E-state index contributed by atoms with van der Waals surface area (Å²) >= 11 is 9.95. The number of nitrogens with one attached hydrogen (secondary N) is 1. The Kier molecular flexibility index (Phi) is 11.8. The monoisotopic (exact) mass is 709 g/mol. The highest BCUT2D eigenvalue weighted by atomic mass is 79.9. The van der Waals surface area contributed by atoms with Crippen molar-refractivity contribution in [2.75, 3.05) is 17.4 Å². The average molecular weight is 711 g/mol. The largest absolute Gasteiger partial charge is 0.354 e. The molecule has 0 bridgehead atoms. The molecule has 7 nitrogen and oxygen atoms in total. The summed E-state index contributed by atoms with van der Waals surface area (Å²) in [6.45, 7) is 5.63. The lowest BCUT2D eigenvalue weighted by Gasteiger charge is -2.34. The summed E-state index contributed by atoms with van der Waals surface area (Å²) in [5.41, 5.74) is 3.57. The van der Waals surface area contributed by atoms with Crippen LogP contribution < -0.4 is 9.62 Å². The molecule has 10 heteroatoms. The quantitative estimate of drug-likeness (QED) is 0.161. The van der Waals surface area contributed by atoms with E-state index in [4.69, 9.17) is 11.6 Å². The Morgan fingerprint density at radius 3 is 2.22 bits per heavy atom. The third-order valence-electron chi connectivity index (χ3n) is 7.39. The van der Waals surface area contributed by atoms with E-state index >= 15 is 0 Å². The molecule has 236 valence electrons. The van der Waals surface area contributed by atoms with Gasteiger partial charge in [-0.2, -0.15) is 0 Å². The predicted octanol–water partition coefficient (Wildman–Crippen LogP) is 7.08. The first kappa shape index (κ1) is 34.2. The van der Waals surface area contributed by atoms with Crippen molar-refractivity contribution < 1.29 is 18.0 Å². The van der Waals surface area contributed by atoms with E-state index in [1.807, 2.05) is 75.4 Å². The van der Waals surface area contributed by atoms with Gasteiger partial charge in [0, 0.05) is 29.0 Å². The van der Waals surface area contributed by atoms with E-state index in [-0.39, 0.29) is 29.5 Å². The number of sulfonamides is 1. The molecule has 4 aromatic rings. The molecule has 1 N–H and O–H groups in total. The van der Waals surface area contributed by atoms with E-state index in [0.29, 0.717) is 11.6 Å². The maximum atomic E-state index is 14.5. The average Bonchev–Trinajstić information content (AvgIpc) is 3.02. The first-order chi connectivity index (χ1) is 21.5. The fourth-order valence-corrected chi connectivity index (χ4v) is 6.88. The molecule has 0 heterocycles. The molecule has 0 saturated carbocycles. The van der Waals surface area contributed by atoms with E-state index < -0.39 is 28.5 Å². The molecule has 0 unspecified atom stereocenters. The van der Waals surface area contributed by atoms with Crippen molar-refractivity contribution in [2.24, 2.45) is 0 Å². The third kappa shape index (κ3) is 8.96. The molecule has 4 rings (SSSR count). The van der Waals surface area contributed by atoms with Gasteiger partial charge in [-0.05, 0) is 73.4 Å². The van der Waals surface area contributed by atoms with Crippen molar-refractivity contribution in [2.45, 2.75) is 51.1 Å². The van der Waals surface area contributed by atoms with Gasteiger partial charge in [-0.1, -0.05) is 101 Å². The number of halogens is 2. The standard InChI is InChI=1S/C35H37BrClN3O4S/c1-4-19-38-35(42)33(21-27-9-6-5-7-10-27)39(23-28-11-8-12-29(36)20-28)34(41)24-40(30-16-15-26(3)32(37)22-30)45(43,44)31-17-13-25(2)14-18-31/h5-18,20,22,33H,4,19,21,23-24H2,1-3H3,(H,38,42)/t33-/m1/s1. The Balaban J connectivity index is 1.81. The Hall–Kier alpha value is -3.66. The van der Waals surface area contributed by atoms with E-state index in [2.05, 4.69) is 21.2 Å². The maximum absolute atomic E-state index is 14.5. The second-order valence-electron chi connectivity index (χ2n) is 10.9. The molecule has 0 saturated heterocycles. The second kappa shape index (κ2) is 15.6. The molecular formula is C35H37BrClN3O4S. The molecule has 2 amide bonds. The minimum Gasteiger partial charge on any atom is -0.354 e. The van der Waals surface area contributed by atoms with Crippen molar-refractivity contribution >= 4 is 55.1 Å². The van der Waals surface area contributed by atoms with Crippen LogP contribution in [0.3, 0.4) is 0 Å². The number of carbonyl (C=O) groups excluding carboxylic acids is 2. The van der Waals surface area contributed by atoms with Crippen molar-refractivity contribution in [1.82, 2.24) is 10.2 Å². The molecule has 4 aromatic carbocycles. The number of benzene rings is 4. The number of hydrogen-bond donors (Lipinski definition) is 1. The zero-order chi connectivity index (χ0) is 32.6. The summed E-state index contributed by atoms with van der Waals surface area (Å²) in [7, 11) is -4.21. The zero-order valence-corrected chi connectivity index (χ0v) is 28.7. The fraction of sp³-hybridized carbons (Fsp3) is 0.257. The van der Waals surface area contributed by atoms with Crippen molar-refractivity contribution in [3.63, 3.8) is 0 Å². The van der Waals surface area contributed by atoms with Crippen molar-refractivity contribution in [1.29, 1.82) is 0 Å². The minimum atomic E-state index is -4.21. The van der Waals surface area contributed by atoms with E-state index in [1.54, 1.807) is 30.3 Å². The van der Waals surface area contributed by atoms with Crippen LogP contribution in [-0.2, 0) is 32.6 Å². The first-order valence-electron chi connectivity index (χ1n) is 14.7. The number of carbonyl (C=O) groups is 2. The van der Waals surface area contributed by atoms with Gasteiger partial charge in [0.25, 0.3) is 10.0 Å². The molecule has 0 aliphatic heterocycles. The van der Waals surface area contributed by atoms with Gasteiger partial charge < -0.3 is 10.2 Å². The predicted molar refractivity (Wildman–Crippen MR) is 184 cm³/mol. The van der Waals surface area contributed by atoms with Gasteiger partial charge in [0.2, 0.25) is 11.8 Å². The van der Waals surface area contributed by atoms with Gasteiger partial charge in [-0.3, -0.25) is 13.9 Å². The fourth-order valence-electron chi connectivity index (χ4n) is 4.86. The molecule has 0 spiro atoms. The molecule has 0 radical (unpaired) electrons. The highest BCUT2D eigenvalue weighted by molar-refractivity contribution is 9.10. The highest BCUT2D eigenvalue weighted by Crippen LogP contribution is 2.29. The third-order valence-corrected chi connectivity index (χ3v) is 10.1.